The Hall–Kier alpha value is -5.81. The Bertz CT molecular complexity index is 3060. The van der Waals surface area contributed by atoms with Gasteiger partial charge in [-0.05, 0) is 104 Å². The molecule has 19 heteroatoms. The zero-order chi connectivity index (χ0) is 48.1. The number of ether oxygens (including phenoxy) is 1. The molecule has 6 aromatic rings. The van der Waals surface area contributed by atoms with Crippen LogP contribution < -0.4 is 41.5 Å². The molecule has 0 spiro atoms. The Morgan fingerprint density at radius 1 is 0.899 bits per heavy atom. The van der Waals surface area contributed by atoms with Crippen molar-refractivity contribution in [3.8, 4) is 5.75 Å². The highest BCUT2D eigenvalue weighted by atomic mass is 79.9. The fourth-order valence-electron chi connectivity index (χ4n) is 10.7. The first kappa shape index (κ1) is 46.9. The van der Waals surface area contributed by atoms with Crippen LogP contribution in [0.25, 0.3) is 22.0 Å². The third-order valence-electron chi connectivity index (χ3n) is 14.2. The number of fused-ring (bicyclic) bond motifs is 2. The van der Waals surface area contributed by atoms with Crippen LogP contribution in [0.3, 0.4) is 0 Å². The van der Waals surface area contributed by atoms with Crippen LogP contribution in [0, 0.1) is 12.8 Å². The Morgan fingerprint density at radius 3 is 2.41 bits per heavy atom. The number of imide groups is 1. The third-order valence-corrected chi connectivity index (χ3v) is 16.4. The molecule has 4 fully saturated rings. The molecule has 3 aromatic heterocycles. The number of aryl methyl sites for hydroxylation is 2. The highest BCUT2D eigenvalue weighted by Crippen LogP contribution is 2.43. The maximum Gasteiger partial charge on any atom is 0.420 e. The molecule has 3 aromatic carbocycles. The van der Waals surface area contributed by atoms with Gasteiger partial charge in [0.05, 0.1) is 34.0 Å². The molecule has 4 aliphatic rings. The second-order valence-electron chi connectivity index (χ2n) is 19.2. The number of aromatic nitrogens is 4. The zero-order valence-corrected chi connectivity index (χ0v) is 42.2. The van der Waals surface area contributed by atoms with Crippen LogP contribution in [0.15, 0.2) is 74.5 Å². The molecule has 1 unspecified atom stereocenters. The van der Waals surface area contributed by atoms with E-state index >= 15 is 0 Å². The second kappa shape index (κ2) is 19.2. The normalized spacial score (nSPS) is 19.0. The number of methoxy groups -OCH3 is 1. The molecule has 4 saturated heterocycles. The van der Waals surface area contributed by atoms with E-state index in [9.17, 15) is 18.9 Å². The first-order valence-corrected chi connectivity index (χ1v) is 27.3. The number of carbonyl (C=O) groups excluding carboxylic acids is 2. The van der Waals surface area contributed by atoms with Gasteiger partial charge in [-0.1, -0.05) is 13.0 Å². The van der Waals surface area contributed by atoms with Crippen molar-refractivity contribution in [3.63, 3.8) is 0 Å². The van der Waals surface area contributed by atoms with Crippen LogP contribution in [-0.2, 0) is 20.6 Å². The molecule has 7 heterocycles. The van der Waals surface area contributed by atoms with E-state index in [0.29, 0.717) is 50.7 Å². The molecule has 0 aliphatic carbocycles. The second-order valence-corrected chi connectivity index (χ2v) is 23.2. The Kier molecular flexibility index (Phi) is 13.0. The Labute approximate surface area is 409 Å². The first-order chi connectivity index (χ1) is 33.2. The predicted molar refractivity (Wildman–Crippen MR) is 275 cm³/mol. The summed E-state index contributed by atoms with van der Waals surface area (Å²) in [6, 6.07) is 17.6. The number of piperazine rings is 1. The summed E-state index contributed by atoms with van der Waals surface area (Å²) in [6.07, 6.45) is 5.23. The molecule has 0 bridgehead atoms. The highest BCUT2D eigenvalue weighted by Gasteiger charge is 2.35. The number of piperidine rings is 2. The summed E-state index contributed by atoms with van der Waals surface area (Å²) >= 11 is 3.63. The van der Waals surface area contributed by atoms with Gasteiger partial charge in [0.15, 0.2) is 5.58 Å². The molecular formula is C50H59BrN11O6P. The number of oxazole rings is 1. The van der Waals surface area contributed by atoms with Crippen molar-refractivity contribution in [1.82, 2.24) is 34.6 Å². The van der Waals surface area contributed by atoms with E-state index < -0.39 is 24.8 Å². The van der Waals surface area contributed by atoms with E-state index in [1.807, 2.05) is 49.4 Å². The molecule has 10 rings (SSSR count). The van der Waals surface area contributed by atoms with Gasteiger partial charge < -0.3 is 39.1 Å². The van der Waals surface area contributed by atoms with E-state index in [4.69, 9.17) is 14.1 Å². The lowest BCUT2D eigenvalue weighted by atomic mass is 9.97. The summed E-state index contributed by atoms with van der Waals surface area (Å²) in [4.78, 5) is 61.2. The molecule has 1 atom stereocenters. The van der Waals surface area contributed by atoms with Crippen LogP contribution in [0.5, 0.6) is 5.75 Å². The van der Waals surface area contributed by atoms with Gasteiger partial charge in [-0.2, -0.15) is 4.98 Å². The Balaban J connectivity index is 0.723. The molecule has 0 radical (unpaired) electrons. The fourth-order valence-corrected chi connectivity index (χ4v) is 12.5. The van der Waals surface area contributed by atoms with Gasteiger partial charge in [0.1, 0.15) is 24.8 Å². The lowest BCUT2D eigenvalue weighted by Crippen LogP contribution is -2.57. The average molecular weight is 1020 g/mol. The van der Waals surface area contributed by atoms with Crippen molar-refractivity contribution in [3.05, 3.63) is 87.1 Å². The van der Waals surface area contributed by atoms with Crippen LogP contribution >= 0.6 is 23.1 Å². The number of hydrogen-bond donors (Lipinski definition) is 3. The fraction of sp³-hybridized carbons (Fsp3) is 0.440. The number of amides is 2. The SMILES string of the molecule is CCc1cc(Nc2ncc(Br)c(Nc3ccc4nc(C)ccc4c3P(C)(C)=O)n2)c(OC)cc1N1CCC(N2CCN(CC3CN(c4ccc5c(c4)oc(=O)n5C4CCC(=O)NC4=O)C3)CC2)CC1. The maximum absolute atomic E-state index is 13.7. The predicted octanol–water partition coefficient (Wildman–Crippen LogP) is 7.01. The zero-order valence-electron chi connectivity index (χ0n) is 39.8. The summed E-state index contributed by atoms with van der Waals surface area (Å²) in [5, 5.41) is 10.8. The van der Waals surface area contributed by atoms with E-state index in [2.05, 4.69) is 80.5 Å². The number of carbonyl (C=O) groups is 2. The summed E-state index contributed by atoms with van der Waals surface area (Å²) in [5.74, 6) is 0.844. The van der Waals surface area contributed by atoms with Gasteiger partial charge in [0.2, 0.25) is 17.8 Å². The third kappa shape index (κ3) is 9.60. The van der Waals surface area contributed by atoms with E-state index in [0.717, 1.165) is 111 Å². The van der Waals surface area contributed by atoms with Crippen LogP contribution in [0.4, 0.5) is 34.5 Å². The van der Waals surface area contributed by atoms with Crippen molar-refractivity contribution >= 4 is 96.7 Å². The summed E-state index contributed by atoms with van der Waals surface area (Å²) < 4.78 is 27.3. The molecular weight excluding hydrogens is 961 g/mol. The molecule has 362 valence electrons. The molecule has 3 N–H and O–H groups in total. The number of rotatable bonds is 13. The van der Waals surface area contributed by atoms with Crippen molar-refractivity contribution in [2.75, 3.05) is 99.8 Å². The number of hydrogen-bond acceptors (Lipinski definition) is 15. The van der Waals surface area contributed by atoms with Gasteiger partial charge in [0, 0.05) is 123 Å². The summed E-state index contributed by atoms with van der Waals surface area (Å²) in [6.45, 7) is 16.9. The lowest BCUT2D eigenvalue weighted by Gasteiger charge is -2.46. The first-order valence-electron chi connectivity index (χ1n) is 23.9. The van der Waals surface area contributed by atoms with Crippen LogP contribution in [0.2, 0.25) is 0 Å². The Morgan fingerprint density at radius 2 is 1.68 bits per heavy atom. The number of pyridine rings is 1. The monoisotopic (exact) mass is 1020 g/mol. The minimum Gasteiger partial charge on any atom is -0.494 e. The van der Waals surface area contributed by atoms with Crippen molar-refractivity contribution in [2.24, 2.45) is 5.92 Å². The van der Waals surface area contributed by atoms with Crippen LogP contribution in [-0.4, -0.2) is 127 Å². The molecule has 69 heavy (non-hydrogen) atoms. The smallest absolute Gasteiger partial charge is 0.420 e. The topological polar surface area (TPSA) is 183 Å². The molecule has 2 amide bonds. The number of benzene rings is 3. The van der Waals surface area contributed by atoms with Gasteiger partial charge in [-0.3, -0.25) is 29.4 Å². The molecule has 17 nitrogen and oxygen atoms in total. The summed E-state index contributed by atoms with van der Waals surface area (Å²) in [7, 11) is -1.04. The number of nitrogens with one attached hydrogen (secondary N) is 3. The van der Waals surface area contributed by atoms with Gasteiger partial charge in [-0.15, -0.1) is 0 Å². The van der Waals surface area contributed by atoms with Crippen molar-refractivity contribution in [1.29, 1.82) is 0 Å². The van der Waals surface area contributed by atoms with Gasteiger partial charge >= 0.3 is 5.76 Å². The number of halogens is 1. The molecule has 4 aliphatic heterocycles. The summed E-state index contributed by atoms with van der Waals surface area (Å²) in [5.41, 5.74) is 7.64. The van der Waals surface area contributed by atoms with Gasteiger partial charge in [-0.25, -0.2) is 9.78 Å². The van der Waals surface area contributed by atoms with E-state index in [1.165, 1.54) is 15.8 Å². The number of nitrogens with zero attached hydrogens (tertiary/aromatic N) is 8. The highest BCUT2D eigenvalue weighted by molar-refractivity contribution is 9.10. The standard InChI is InChI=1S/C50H59BrN11O6P/c1-6-32-23-39(55-49-52-26-36(51)47(57-49)54-38-11-10-37-35(9-7-30(2)53-37)46(38)69(4,5)66)43(67-3)25-42(32)60-17-15-33(16-18-60)59-21-19-58(20-22-59)27-31-28-61(29-31)34-8-12-40-44(24-34)68-50(65)62(40)41-13-14-45(63)56-48(41)64/h7-12,23-26,31,33,41H,6,13-22,27-29H2,1-5H3,(H,56,63,64)(H2,52,54,55,57). The number of anilines is 6. The van der Waals surface area contributed by atoms with Crippen LogP contribution in [0.1, 0.15) is 49.9 Å². The quantitative estimate of drug-likeness (QED) is 0.0793. The van der Waals surface area contributed by atoms with Crippen molar-refractivity contribution in [2.45, 2.75) is 58.0 Å². The maximum atomic E-state index is 13.7. The average Bonchev–Trinajstić information content (AvgIpc) is 3.65. The largest absolute Gasteiger partial charge is 0.494 e. The minimum absolute atomic E-state index is 0.192. The lowest BCUT2D eigenvalue weighted by molar-refractivity contribution is -0.135. The van der Waals surface area contributed by atoms with E-state index in [1.54, 1.807) is 26.6 Å². The molecule has 0 saturated carbocycles. The minimum atomic E-state index is -2.73. The van der Waals surface area contributed by atoms with Gasteiger partial charge in [0.25, 0.3) is 0 Å². The van der Waals surface area contributed by atoms with Crippen molar-refractivity contribution < 1.29 is 23.3 Å². The van der Waals surface area contributed by atoms with E-state index in [-0.39, 0.29) is 18.7 Å².